The summed E-state index contributed by atoms with van der Waals surface area (Å²) in [6, 6.07) is 5.59. The first kappa shape index (κ1) is 18.7. The average Bonchev–Trinajstić information content (AvgIpc) is 3.11. The van der Waals surface area contributed by atoms with Gasteiger partial charge in [0.2, 0.25) is 0 Å². The molecule has 0 bridgehead atoms. The van der Waals surface area contributed by atoms with E-state index in [2.05, 4.69) is 15.3 Å². The molecule has 0 saturated heterocycles. The number of halogens is 1. The van der Waals surface area contributed by atoms with Gasteiger partial charge < -0.3 is 15.8 Å². The fourth-order valence-electron chi connectivity index (χ4n) is 2.53. The number of nitrogens with two attached hydrogens (primary N) is 2. The number of aldehydes is 1. The molecule has 2 aromatic heterocycles. The van der Waals surface area contributed by atoms with Crippen molar-refractivity contribution in [3.63, 3.8) is 0 Å². The molecule has 2 heterocycles. The van der Waals surface area contributed by atoms with E-state index < -0.39 is 17.8 Å². The van der Waals surface area contributed by atoms with Crippen LogP contribution in [0.4, 0.5) is 21.7 Å². The predicted octanol–water partition coefficient (Wildman–Crippen LogP) is 2.33. The number of fused-ring (bicyclic) bond motifs is 1. The summed E-state index contributed by atoms with van der Waals surface area (Å²) < 4.78 is 15.4. The lowest BCUT2D eigenvalue weighted by Crippen LogP contribution is -2.43. The second kappa shape index (κ2) is 7.64. The highest BCUT2D eigenvalue weighted by Gasteiger charge is 2.22. The van der Waals surface area contributed by atoms with Crippen LogP contribution in [0.5, 0.6) is 0 Å². The van der Waals surface area contributed by atoms with Gasteiger partial charge in [0.25, 0.3) is 5.91 Å². The number of carbonyl (C=O) groups excluding carboxylic acids is 2. The molecule has 1 aromatic carbocycles. The number of hydrogen-bond acceptors (Lipinski definition) is 8. The Hall–Kier alpha value is -3.11. The van der Waals surface area contributed by atoms with E-state index in [0.29, 0.717) is 18.4 Å². The van der Waals surface area contributed by atoms with Crippen LogP contribution in [0.2, 0.25) is 0 Å². The molecule has 0 aliphatic carbocycles. The standard InChI is InChI=1S/C17H17FN6O2S/c1-2-10(7-25)24(20)17-12(18)6-11(15(19)26)16(23-17)22-9-3-4-14-13(5-9)21-8-27-14/h3-8,10H,2,20H2,1H3,(H2,19,26)(H,22,23)/t10-/m1/s1. The van der Waals surface area contributed by atoms with E-state index in [1.54, 1.807) is 24.6 Å². The smallest absolute Gasteiger partial charge is 0.252 e. The van der Waals surface area contributed by atoms with E-state index in [0.717, 1.165) is 21.3 Å². The highest BCUT2D eigenvalue weighted by atomic mass is 32.1. The fourth-order valence-corrected chi connectivity index (χ4v) is 3.19. The number of primary amides is 1. The first-order valence-corrected chi connectivity index (χ1v) is 8.92. The highest BCUT2D eigenvalue weighted by molar-refractivity contribution is 7.16. The van der Waals surface area contributed by atoms with E-state index in [4.69, 9.17) is 11.6 Å². The van der Waals surface area contributed by atoms with Crippen LogP contribution in [-0.2, 0) is 4.79 Å². The summed E-state index contributed by atoms with van der Waals surface area (Å²) >= 11 is 1.49. The van der Waals surface area contributed by atoms with Gasteiger partial charge in [0, 0.05) is 5.69 Å². The lowest BCUT2D eigenvalue weighted by atomic mass is 10.2. The molecule has 0 saturated carbocycles. The van der Waals surface area contributed by atoms with Crippen molar-refractivity contribution in [1.29, 1.82) is 0 Å². The van der Waals surface area contributed by atoms with Gasteiger partial charge >= 0.3 is 0 Å². The third-order valence-electron chi connectivity index (χ3n) is 3.99. The number of pyridine rings is 1. The van der Waals surface area contributed by atoms with Crippen LogP contribution in [0.1, 0.15) is 23.7 Å². The molecular weight excluding hydrogens is 371 g/mol. The Morgan fingerprint density at radius 2 is 2.22 bits per heavy atom. The molecule has 0 aliphatic rings. The Labute approximate surface area is 158 Å². The molecule has 140 valence electrons. The average molecular weight is 388 g/mol. The maximum Gasteiger partial charge on any atom is 0.252 e. The van der Waals surface area contributed by atoms with Crippen LogP contribution < -0.4 is 21.9 Å². The van der Waals surface area contributed by atoms with E-state index >= 15 is 0 Å². The zero-order valence-electron chi connectivity index (χ0n) is 14.3. The molecule has 3 rings (SSSR count). The summed E-state index contributed by atoms with van der Waals surface area (Å²) in [4.78, 5) is 31.2. The number of hydrogen-bond donors (Lipinski definition) is 3. The molecule has 27 heavy (non-hydrogen) atoms. The van der Waals surface area contributed by atoms with Gasteiger partial charge in [-0.1, -0.05) is 6.92 Å². The number of nitrogens with zero attached hydrogens (tertiary/aromatic N) is 3. The third-order valence-corrected chi connectivity index (χ3v) is 4.80. The van der Waals surface area contributed by atoms with Crippen molar-refractivity contribution in [2.75, 3.05) is 10.3 Å². The maximum atomic E-state index is 14.4. The second-order valence-corrected chi connectivity index (χ2v) is 6.62. The molecule has 1 atom stereocenters. The van der Waals surface area contributed by atoms with Gasteiger partial charge in [0.15, 0.2) is 11.6 Å². The van der Waals surface area contributed by atoms with Crippen molar-refractivity contribution in [3.8, 4) is 0 Å². The topological polar surface area (TPSA) is 127 Å². The number of anilines is 3. The van der Waals surface area contributed by atoms with E-state index in [-0.39, 0.29) is 17.2 Å². The quantitative estimate of drug-likeness (QED) is 0.322. The number of aromatic nitrogens is 2. The van der Waals surface area contributed by atoms with Gasteiger partial charge in [-0.3, -0.25) is 9.80 Å². The minimum absolute atomic E-state index is 0.0321. The normalized spacial score (nSPS) is 12.0. The Balaban J connectivity index is 2.04. The van der Waals surface area contributed by atoms with Crippen LogP contribution >= 0.6 is 11.3 Å². The van der Waals surface area contributed by atoms with Crippen molar-refractivity contribution in [3.05, 3.63) is 41.2 Å². The molecule has 0 spiro atoms. The number of nitrogens with one attached hydrogen (secondary N) is 1. The van der Waals surface area contributed by atoms with Crippen LogP contribution in [0.3, 0.4) is 0 Å². The molecule has 0 radical (unpaired) electrons. The number of thiazole rings is 1. The highest BCUT2D eigenvalue weighted by Crippen LogP contribution is 2.28. The predicted molar refractivity (Wildman–Crippen MR) is 102 cm³/mol. The lowest BCUT2D eigenvalue weighted by molar-refractivity contribution is -0.109. The van der Waals surface area contributed by atoms with Gasteiger partial charge in [-0.15, -0.1) is 11.3 Å². The first-order valence-electron chi connectivity index (χ1n) is 8.04. The summed E-state index contributed by atoms with van der Waals surface area (Å²) in [6.45, 7) is 1.73. The summed E-state index contributed by atoms with van der Waals surface area (Å²) in [5.41, 5.74) is 8.29. The zero-order chi connectivity index (χ0) is 19.6. The summed E-state index contributed by atoms with van der Waals surface area (Å²) in [7, 11) is 0. The minimum Gasteiger partial charge on any atom is -0.365 e. The first-order chi connectivity index (χ1) is 12.9. The Morgan fingerprint density at radius 3 is 2.89 bits per heavy atom. The van der Waals surface area contributed by atoms with Crippen LogP contribution in [0, 0.1) is 5.82 Å². The Morgan fingerprint density at radius 1 is 1.44 bits per heavy atom. The summed E-state index contributed by atoms with van der Waals surface area (Å²) in [5, 5.41) is 3.88. The SMILES string of the molecule is CC[C@H](C=O)N(N)c1nc(Nc2ccc3scnc3c2)c(C(N)=O)cc1F. The molecule has 0 aliphatic heterocycles. The molecular formula is C17H17FN6O2S. The van der Waals surface area contributed by atoms with Crippen LogP contribution in [0.15, 0.2) is 29.8 Å². The lowest BCUT2D eigenvalue weighted by Gasteiger charge is -2.24. The van der Waals surface area contributed by atoms with Crippen molar-refractivity contribution < 1.29 is 14.0 Å². The molecule has 0 fully saturated rings. The van der Waals surface area contributed by atoms with E-state index in [9.17, 15) is 14.0 Å². The Bertz CT molecular complexity index is 1010. The number of amides is 1. The fraction of sp³-hybridized carbons (Fsp3) is 0.176. The van der Waals surface area contributed by atoms with Crippen LogP contribution in [-0.4, -0.2) is 28.2 Å². The van der Waals surface area contributed by atoms with Gasteiger partial charge in [-0.2, -0.15) is 0 Å². The van der Waals surface area contributed by atoms with E-state index in [1.807, 2.05) is 6.07 Å². The molecule has 5 N–H and O–H groups in total. The largest absolute Gasteiger partial charge is 0.365 e. The van der Waals surface area contributed by atoms with Gasteiger partial charge in [-0.25, -0.2) is 20.2 Å². The number of benzene rings is 1. The van der Waals surface area contributed by atoms with Crippen molar-refractivity contribution in [2.24, 2.45) is 11.6 Å². The van der Waals surface area contributed by atoms with Gasteiger partial charge in [0.05, 0.1) is 21.3 Å². The van der Waals surface area contributed by atoms with E-state index in [1.165, 1.54) is 11.3 Å². The summed E-state index contributed by atoms with van der Waals surface area (Å²) in [6.07, 6.45) is 0.967. The third kappa shape index (κ3) is 3.71. The maximum absolute atomic E-state index is 14.4. The molecule has 3 aromatic rings. The number of carbonyl (C=O) groups is 2. The monoisotopic (exact) mass is 388 g/mol. The van der Waals surface area contributed by atoms with Gasteiger partial charge in [0.1, 0.15) is 18.1 Å². The van der Waals surface area contributed by atoms with Crippen molar-refractivity contribution >= 4 is 51.1 Å². The molecule has 10 heteroatoms. The molecule has 1 amide bonds. The van der Waals surface area contributed by atoms with Gasteiger partial charge in [-0.05, 0) is 30.7 Å². The second-order valence-electron chi connectivity index (χ2n) is 5.73. The minimum atomic E-state index is -0.855. The number of hydrazine groups is 1. The molecule has 8 nitrogen and oxygen atoms in total. The Kier molecular flexibility index (Phi) is 5.28. The zero-order valence-corrected chi connectivity index (χ0v) is 15.2. The molecule has 0 unspecified atom stereocenters. The van der Waals surface area contributed by atoms with Crippen molar-refractivity contribution in [1.82, 2.24) is 9.97 Å². The van der Waals surface area contributed by atoms with Crippen molar-refractivity contribution in [2.45, 2.75) is 19.4 Å². The van der Waals surface area contributed by atoms with Crippen LogP contribution in [0.25, 0.3) is 10.2 Å². The summed E-state index contributed by atoms with van der Waals surface area (Å²) in [5.74, 6) is 3.92. The number of rotatable bonds is 7.